The SMILES string of the molecule is CCOC(=O)c1sc(NC(=O)COC(=O)c2cc3c(s2)CCC3)c(C(=O)OCC)c1C. The van der Waals surface area contributed by atoms with E-state index in [1.54, 1.807) is 20.8 Å². The normalized spacial score (nSPS) is 12.2. The van der Waals surface area contributed by atoms with Gasteiger partial charge in [0.2, 0.25) is 0 Å². The molecule has 0 saturated carbocycles. The van der Waals surface area contributed by atoms with Crippen LogP contribution >= 0.6 is 22.7 Å². The maximum Gasteiger partial charge on any atom is 0.348 e. The molecule has 2 aromatic heterocycles. The number of rotatable bonds is 8. The molecule has 31 heavy (non-hydrogen) atoms. The number of esters is 3. The largest absolute Gasteiger partial charge is 0.462 e. The molecule has 0 saturated heterocycles. The molecule has 0 unspecified atom stereocenters. The highest BCUT2D eigenvalue weighted by Gasteiger charge is 2.27. The van der Waals surface area contributed by atoms with Crippen LogP contribution in [0, 0.1) is 6.92 Å². The Hall–Kier alpha value is -2.72. The van der Waals surface area contributed by atoms with Gasteiger partial charge >= 0.3 is 17.9 Å². The Morgan fingerprint density at radius 2 is 1.68 bits per heavy atom. The van der Waals surface area contributed by atoms with Gasteiger partial charge in [-0.1, -0.05) is 0 Å². The predicted octanol–water partition coefficient (Wildman–Crippen LogP) is 3.76. The van der Waals surface area contributed by atoms with Gasteiger partial charge in [-0.25, -0.2) is 14.4 Å². The first-order valence-electron chi connectivity index (χ1n) is 9.91. The summed E-state index contributed by atoms with van der Waals surface area (Å²) in [5.41, 5.74) is 1.62. The van der Waals surface area contributed by atoms with E-state index in [1.165, 1.54) is 21.8 Å². The van der Waals surface area contributed by atoms with Gasteiger partial charge < -0.3 is 19.5 Å². The van der Waals surface area contributed by atoms with Crippen LogP contribution in [0.25, 0.3) is 0 Å². The standard InChI is InChI=1S/C21H23NO7S2/c1-4-27-20(25)16-11(3)17(21(26)28-5-2)31-18(16)22-15(23)10-29-19(24)14-9-12-7-6-8-13(12)30-14/h9H,4-8,10H2,1-3H3,(H,22,23). The van der Waals surface area contributed by atoms with E-state index < -0.39 is 30.4 Å². The van der Waals surface area contributed by atoms with Crippen LogP contribution < -0.4 is 5.32 Å². The van der Waals surface area contributed by atoms with E-state index in [0.29, 0.717) is 10.4 Å². The van der Waals surface area contributed by atoms with E-state index in [2.05, 4.69) is 5.32 Å². The van der Waals surface area contributed by atoms with Gasteiger partial charge in [-0.05, 0) is 57.2 Å². The zero-order valence-electron chi connectivity index (χ0n) is 17.5. The lowest BCUT2D eigenvalue weighted by molar-refractivity contribution is -0.119. The van der Waals surface area contributed by atoms with Crippen LogP contribution in [-0.2, 0) is 31.8 Å². The maximum atomic E-state index is 12.4. The van der Waals surface area contributed by atoms with Gasteiger partial charge in [0, 0.05) is 4.88 Å². The highest BCUT2D eigenvalue weighted by molar-refractivity contribution is 7.18. The summed E-state index contributed by atoms with van der Waals surface area (Å²) in [6.45, 7) is 4.71. The number of ether oxygens (including phenoxy) is 3. The van der Waals surface area contributed by atoms with Crippen LogP contribution in [0.5, 0.6) is 0 Å². The molecule has 0 fully saturated rings. The quantitative estimate of drug-likeness (QED) is 0.467. The number of thiophene rings is 2. The second kappa shape index (κ2) is 10.1. The minimum atomic E-state index is -0.660. The Balaban J connectivity index is 1.70. The van der Waals surface area contributed by atoms with Crippen molar-refractivity contribution < 1.29 is 33.4 Å². The van der Waals surface area contributed by atoms with Crippen molar-refractivity contribution in [2.24, 2.45) is 0 Å². The second-order valence-corrected chi connectivity index (χ2v) is 8.90. The molecule has 0 radical (unpaired) electrons. The van der Waals surface area contributed by atoms with Gasteiger partial charge in [0.05, 0.1) is 18.8 Å². The molecule has 2 aromatic rings. The van der Waals surface area contributed by atoms with E-state index in [-0.39, 0.29) is 28.7 Å². The molecule has 0 bridgehead atoms. The third kappa shape index (κ3) is 5.13. The summed E-state index contributed by atoms with van der Waals surface area (Å²) in [6, 6.07) is 1.82. The van der Waals surface area contributed by atoms with Gasteiger partial charge in [0.15, 0.2) is 6.61 Å². The van der Waals surface area contributed by atoms with Crippen LogP contribution in [0.4, 0.5) is 5.00 Å². The molecular weight excluding hydrogens is 442 g/mol. The maximum absolute atomic E-state index is 12.4. The molecule has 8 nitrogen and oxygen atoms in total. The van der Waals surface area contributed by atoms with Crippen molar-refractivity contribution in [3.05, 3.63) is 37.4 Å². The minimum absolute atomic E-state index is 0.0873. The van der Waals surface area contributed by atoms with Crippen molar-refractivity contribution in [2.45, 2.75) is 40.0 Å². The first kappa shape index (κ1) is 23.0. The van der Waals surface area contributed by atoms with Crippen LogP contribution in [0.15, 0.2) is 6.07 Å². The van der Waals surface area contributed by atoms with Crippen LogP contribution in [0.1, 0.15) is 66.0 Å². The summed E-state index contributed by atoms with van der Waals surface area (Å²) >= 11 is 2.31. The van der Waals surface area contributed by atoms with Crippen molar-refractivity contribution in [1.29, 1.82) is 0 Å². The van der Waals surface area contributed by atoms with E-state index >= 15 is 0 Å². The Morgan fingerprint density at radius 1 is 0.968 bits per heavy atom. The summed E-state index contributed by atoms with van der Waals surface area (Å²) in [6.07, 6.45) is 3.01. The predicted molar refractivity (Wildman–Crippen MR) is 116 cm³/mol. The molecule has 2 heterocycles. The fraction of sp³-hybridized carbons (Fsp3) is 0.429. The number of hydrogen-bond donors (Lipinski definition) is 1. The van der Waals surface area contributed by atoms with Crippen LogP contribution in [-0.4, -0.2) is 43.6 Å². The van der Waals surface area contributed by atoms with Gasteiger partial charge in [0.1, 0.15) is 14.8 Å². The summed E-state index contributed by atoms with van der Waals surface area (Å²) in [5, 5.41) is 2.70. The summed E-state index contributed by atoms with van der Waals surface area (Å²) in [5.74, 6) is -2.44. The Kier molecular flexibility index (Phi) is 7.45. The zero-order chi connectivity index (χ0) is 22.5. The molecule has 1 amide bonds. The monoisotopic (exact) mass is 465 g/mol. The van der Waals surface area contributed by atoms with Gasteiger partial charge in [-0.15, -0.1) is 22.7 Å². The highest BCUT2D eigenvalue weighted by atomic mass is 32.1. The Morgan fingerprint density at radius 3 is 2.35 bits per heavy atom. The summed E-state index contributed by atoms with van der Waals surface area (Å²) in [7, 11) is 0. The molecule has 1 N–H and O–H groups in total. The van der Waals surface area contributed by atoms with Crippen LogP contribution in [0.2, 0.25) is 0 Å². The van der Waals surface area contributed by atoms with E-state index in [1.807, 2.05) is 6.07 Å². The van der Waals surface area contributed by atoms with Crippen molar-refractivity contribution in [1.82, 2.24) is 0 Å². The summed E-state index contributed by atoms with van der Waals surface area (Å²) in [4.78, 5) is 51.1. The molecular formula is C21H23NO7S2. The highest BCUT2D eigenvalue weighted by Crippen LogP contribution is 2.34. The molecule has 10 heteroatoms. The molecule has 0 spiro atoms. The zero-order valence-corrected chi connectivity index (χ0v) is 19.1. The number of nitrogens with one attached hydrogen (secondary N) is 1. The first-order valence-corrected chi connectivity index (χ1v) is 11.5. The van der Waals surface area contributed by atoms with Crippen molar-refractivity contribution in [3.8, 4) is 0 Å². The van der Waals surface area contributed by atoms with Crippen molar-refractivity contribution >= 4 is 51.5 Å². The molecule has 1 aliphatic carbocycles. The van der Waals surface area contributed by atoms with Crippen molar-refractivity contribution in [3.63, 3.8) is 0 Å². The van der Waals surface area contributed by atoms with E-state index in [0.717, 1.165) is 30.6 Å². The average molecular weight is 466 g/mol. The second-order valence-electron chi connectivity index (χ2n) is 6.74. The lowest BCUT2D eigenvalue weighted by Crippen LogP contribution is -2.21. The molecule has 0 aromatic carbocycles. The molecule has 0 aliphatic heterocycles. The average Bonchev–Trinajstić information content (AvgIpc) is 3.40. The lowest BCUT2D eigenvalue weighted by atomic mass is 10.1. The molecule has 1 aliphatic rings. The topological polar surface area (TPSA) is 108 Å². The fourth-order valence-corrected chi connectivity index (χ4v) is 5.49. The van der Waals surface area contributed by atoms with Crippen LogP contribution in [0.3, 0.4) is 0 Å². The number of hydrogen-bond acceptors (Lipinski definition) is 9. The minimum Gasteiger partial charge on any atom is -0.462 e. The molecule has 166 valence electrons. The fourth-order valence-electron chi connectivity index (χ4n) is 3.24. The van der Waals surface area contributed by atoms with Crippen molar-refractivity contribution in [2.75, 3.05) is 25.1 Å². The number of carbonyl (C=O) groups is 4. The van der Waals surface area contributed by atoms with Gasteiger partial charge in [0.25, 0.3) is 5.91 Å². The third-order valence-corrected chi connectivity index (χ3v) is 7.03. The number of anilines is 1. The van der Waals surface area contributed by atoms with Gasteiger partial charge in [-0.2, -0.15) is 0 Å². The summed E-state index contributed by atoms with van der Waals surface area (Å²) < 4.78 is 15.2. The van der Waals surface area contributed by atoms with E-state index in [9.17, 15) is 19.2 Å². The lowest BCUT2D eigenvalue weighted by Gasteiger charge is -2.07. The Bertz CT molecular complexity index is 1000. The van der Waals surface area contributed by atoms with Gasteiger partial charge in [-0.3, -0.25) is 4.79 Å². The third-order valence-electron chi connectivity index (χ3n) is 4.62. The smallest absolute Gasteiger partial charge is 0.348 e. The molecule has 0 atom stereocenters. The number of amides is 1. The van der Waals surface area contributed by atoms with E-state index in [4.69, 9.17) is 14.2 Å². The first-order chi connectivity index (χ1) is 14.8. The Labute approximate surface area is 187 Å². The molecule has 3 rings (SSSR count). The number of fused-ring (bicyclic) bond motifs is 1. The number of aryl methyl sites for hydroxylation is 2. The number of carbonyl (C=O) groups excluding carboxylic acids is 4.